The molecule has 1 heterocycles. The quantitative estimate of drug-likeness (QED) is 0.926. The van der Waals surface area contributed by atoms with Gasteiger partial charge in [-0.3, -0.25) is 4.98 Å². The van der Waals surface area contributed by atoms with Gasteiger partial charge in [0.25, 0.3) is 0 Å². The first-order chi connectivity index (χ1) is 10.3. The maximum absolute atomic E-state index is 5.85. The molecule has 0 saturated heterocycles. The molecule has 0 aliphatic heterocycles. The topological polar surface area (TPSA) is 42.1 Å². The highest BCUT2D eigenvalue weighted by Gasteiger charge is 2.22. The third-order valence-electron chi connectivity index (χ3n) is 4.62. The number of hydrogen-bond acceptors (Lipinski definition) is 3. The Kier molecular flexibility index (Phi) is 4.39. The molecule has 0 atom stereocenters. The molecule has 3 nitrogen and oxygen atoms in total. The first-order valence-electron chi connectivity index (χ1n) is 8.19. The fraction of sp³-hybridized carbons (Fsp3) is 0.500. The Labute approximate surface area is 127 Å². The molecule has 1 aliphatic carbocycles. The number of nitrogens with zero attached hydrogens (tertiary/aromatic N) is 2. The van der Waals surface area contributed by atoms with Crippen molar-refractivity contribution in [2.75, 3.05) is 11.4 Å². The molecule has 0 amide bonds. The zero-order chi connectivity index (χ0) is 14.7. The van der Waals surface area contributed by atoms with Gasteiger partial charge in [-0.05, 0) is 31.9 Å². The van der Waals surface area contributed by atoms with E-state index in [0.717, 1.165) is 17.8 Å². The van der Waals surface area contributed by atoms with Crippen molar-refractivity contribution in [2.45, 2.75) is 51.6 Å². The van der Waals surface area contributed by atoms with Crippen molar-refractivity contribution in [3.63, 3.8) is 0 Å². The fourth-order valence-electron chi connectivity index (χ4n) is 3.57. The molecule has 0 bridgehead atoms. The number of benzene rings is 1. The SMILES string of the molecule is CCN(c1cc(CN)nc2ccccc12)C1CCCCC1. The highest BCUT2D eigenvalue weighted by molar-refractivity contribution is 5.92. The number of nitrogens with two attached hydrogens (primary N) is 1. The standard InChI is InChI=1S/C18H25N3/c1-2-21(15-8-4-3-5-9-15)18-12-14(13-19)20-17-11-7-6-10-16(17)18/h6-7,10-12,15H,2-5,8-9,13,19H2,1H3. The fourth-order valence-corrected chi connectivity index (χ4v) is 3.57. The van der Waals surface area contributed by atoms with Crippen LogP contribution in [-0.2, 0) is 6.54 Å². The summed E-state index contributed by atoms with van der Waals surface area (Å²) >= 11 is 0. The molecule has 21 heavy (non-hydrogen) atoms. The van der Waals surface area contributed by atoms with Crippen LogP contribution < -0.4 is 10.6 Å². The molecule has 1 fully saturated rings. The maximum Gasteiger partial charge on any atom is 0.0726 e. The molecular weight excluding hydrogens is 258 g/mol. The minimum absolute atomic E-state index is 0.500. The van der Waals surface area contributed by atoms with Crippen LogP contribution in [0.1, 0.15) is 44.7 Å². The van der Waals surface area contributed by atoms with Crippen molar-refractivity contribution >= 4 is 16.6 Å². The van der Waals surface area contributed by atoms with E-state index in [1.54, 1.807) is 0 Å². The van der Waals surface area contributed by atoms with Crippen molar-refractivity contribution in [3.05, 3.63) is 36.0 Å². The number of anilines is 1. The zero-order valence-electron chi connectivity index (χ0n) is 12.9. The third-order valence-corrected chi connectivity index (χ3v) is 4.62. The number of pyridine rings is 1. The number of para-hydroxylation sites is 1. The molecule has 0 unspecified atom stereocenters. The summed E-state index contributed by atoms with van der Waals surface area (Å²) in [5.74, 6) is 0. The van der Waals surface area contributed by atoms with Gasteiger partial charge in [-0.2, -0.15) is 0 Å². The highest BCUT2D eigenvalue weighted by atomic mass is 15.2. The van der Waals surface area contributed by atoms with Crippen molar-refractivity contribution in [1.82, 2.24) is 4.98 Å². The van der Waals surface area contributed by atoms with E-state index < -0.39 is 0 Å². The predicted molar refractivity (Wildman–Crippen MR) is 89.5 cm³/mol. The molecule has 112 valence electrons. The van der Waals surface area contributed by atoms with E-state index in [2.05, 4.69) is 47.1 Å². The van der Waals surface area contributed by atoms with Gasteiger partial charge in [0.15, 0.2) is 0 Å². The lowest BCUT2D eigenvalue weighted by molar-refractivity contribution is 0.418. The summed E-state index contributed by atoms with van der Waals surface area (Å²) in [6.45, 7) is 3.80. The van der Waals surface area contributed by atoms with Crippen LogP contribution in [0.25, 0.3) is 10.9 Å². The van der Waals surface area contributed by atoms with Gasteiger partial charge >= 0.3 is 0 Å². The molecule has 1 aromatic carbocycles. The number of aromatic nitrogens is 1. The minimum atomic E-state index is 0.500. The summed E-state index contributed by atoms with van der Waals surface area (Å²) < 4.78 is 0. The van der Waals surface area contributed by atoms with Crippen LogP contribution in [0.5, 0.6) is 0 Å². The summed E-state index contributed by atoms with van der Waals surface area (Å²) in [4.78, 5) is 7.24. The van der Waals surface area contributed by atoms with Gasteiger partial charge in [-0.15, -0.1) is 0 Å². The Bertz CT molecular complexity index is 602. The van der Waals surface area contributed by atoms with Gasteiger partial charge in [0, 0.05) is 30.2 Å². The first kappa shape index (κ1) is 14.3. The predicted octanol–water partition coefficient (Wildman–Crippen LogP) is 3.85. The summed E-state index contributed by atoms with van der Waals surface area (Å²) in [5, 5.41) is 1.25. The molecule has 3 heteroatoms. The van der Waals surface area contributed by atoms with Gasteiger partial charge in [0.1, 0.15) is 0 Å². The molecule has 3 rings (SSSR count). The van der Waals surface area contributed by atoms with Crippen LogP contribution >= 0.6 is 0 Å². The van der Waals surface area contributed by atoms with Crippen LogP contribution in [0, 0.1) is 0 Å². The van der Waals surface area contributed by atoms with E-state index in [-0.39, 0.29) is 0 Å². The second-order valence-electron chi connectivity index (χ2n) is 5.93. The largest absolute Gasteiger partial charge is 0.368 e. The van der Waals surface area contributed by atoms with Crippen LogP contribution in [0.2, 0.25) is 0 Å². The molecule has 0 spiro atoms. The monoisotopic (exact) mass is 283 g/mol. The normalized spacial score (nSPS) is 16.3. The number of rotatable bonds is 4. The van der Waals surface area contributed by atoms with Gasteiger partial charge in [0.2, 0.25) is 0 Å². The zero-order valence-corrected chi connectivity index (χ0v) is 12.9. The first-order valence-corrected chi connectivity index (χ1v) is 8.19. The van der Waals surface area contributed by atoms with Crippen molar-refractivity contribution < 1.29 is 0 Å². The van der Waals surface area contributed by atoms with Crippen LogP contribution in [0.4, 0.5) is 5.69 Å². The average Bonchev–Trinajstić information content (AvgIpc) is 2.56. The average molecular weight is 283 g/mol. The number of fused-ring (bicyclic) bond motifs is 1. The molecule has 0 radical (unpaired) electrons. The highest BCUT2D eigenvalue weighted by Crippen LogP contribution is 2.32. The Balaban J connectivity index is 2.07. The van der Waals surface area contributed by atoms with Gasteiger partial charge in [-0.1, -0.05) is 37.5 Å². The molecule has 1 saturated carbocycles. The lowest BCUT2D eigenvalue weighted by Crippen LogP contribution is -2.37. The Morgan fingerprint density at radius 3 is 2.67 bits per heavy atom. The van der Waals surface area contributed by atoms with E-state index in [1.807, 2.05) is 0 Å². The van der Waals surface area contributed by atoms with Crippen molar-refractivity contribution in [1.29, 1.82) is 0 Å². The summed E-state index contributed by atoms with van der Waals surface area (Å²) in [6.07, 6.45) is 6.71. The Hall–Kier alpha value is -1.61. The van der Waals surface area contributed by atoms with E-state index in [9.17, 15) is 0 Å². The van der Waals surface area contributed by atoms with Crippen LogP contribution in [0.3, 0.4) is 0 Å². The van der Waals surface area contributed by atoms with E-state index in [4.69, 9.17) is 5.73 Å². The van der Waals surface area contributed by atoms with Crippen molar-refractivity contribution in [2.24, 2.45) is 5.73 Å². The van der Waals surface area contributed by atoms with Gasteiger partial charge in [-0.25, -0.2) is 0 Å². The van der Waals surface area contributed by atoms with E-state index in [0.29, 0.717) is 12.6 Å². The number of hydrogen-bond donors (Lipinski definition) is 1. The van der Waals surface area contributed by atoms with Gasteiger partial charge in [0.05, 0.1) is 11.2 Å². The maximum atomic E-state index is 5.85. The van der Waals surface area contributed by atoms with E-state index in [1.165, 1.54) is 43.2 Å². The third kappa shape index (κ3) is 2.88. The van der Waals surface area contributed by atoms with E-state index >= 15 is 0 Å². The molecule has 1 aromatic heterocycles. The second kappa shape index (κ2) is 6.44. The molecule has 2 aromatic rings. The van der Waals surface area contributed by atoms with Crippen LogP contribution in [0.15, 0.2) is 30.3 Å². The lowest BCUT2D eigenvalue weighted by atomic mass is 9.93. The molecule has 2 N–H and O–H groups in total. The Morgan fingerprint density at radius 2 is 1.95 bits per heavy atom. The lowest BCUT2D eigenvalue weighted by Gasteiger charge is -2.36. The summed E-state index contributed by atoms with van der Waals surface area (Å²) in [6, 6.07) is 11.3. The van der Waals surface area contributed by atoms with Gasteiger partial charge < -0.3 is 10.6 Å². The van der Waals surface area contributed by atoms with Crippen LogP contribution in [-0.4, -0.2) is 17.6 Å². The minimum Gasteiger partial charge on any atom is -0.368 e. The second-order valence-corrected chi connectivity index (χ2v) is 5.93. The summed E-state index contributed by atoms with van der Waals surface area (Å²) in [5.41, 5.74) is 9.21. The molecular formula is C18H25N3. The smallest absolute Gasteiger partial charge is 0.0726 e. The molecule has 1 aliphatic rings. The Morgan fingerprint density at radius 1 is 1.19 bits per heavy atom. The van der Waals surface area contributed by atoms with Crippen molar-refractivity contribution in [3.8, 4) is 0 Å². The summed E-state index contributed by atoms with van der Waals surface area (Å²) in [7, 11) is 0.